The van der Waals surface area contributed by atoms with Crippen LogP contribution in [0.25, 0.3) is 5.57 Å². The number of rotatable bonds is 9. The number of thiophene rings is 1. The van der Waals surface area contributed by atoms with Gasteiger partial charge < -0.3 is 5.11 Å². The van der Waals surface area contributed by atoms with Crippen LogP contribution in [0.4, 0.5) is 0 Å². The Morgan fingerprint density at radius 3 is 2.32 bits per heavy atom. The van der Waals surface area contributed by atoms with E-state index < -0.39 is 5.97 Å². The van der Waals surface area contributed by atoms with Gasteiger partial charge in [-0.3, -0.25) is 0 Å². The minimum absolute atomic E-state index is 0.438. The second kappa shape index (κ2) is 12.6. The molecule has 1 aromatic heterocycles. The second-order valence-electron chi connectivity index (χ2n) is 7.45. The molecule has 0 radical (unpaired) electrons. The quantitative estimate of drug-likeness (QED) is 0.438. The first-order chi connectivity index (χ1) is 13.6. The lowest BCUT2D eigenvalue weighted by atomic mass is 10.0. The van der Waals surface area contributed by atoms with Gasteiger partial charge in [-0.05, 0) is 67.4 Å². The second-order valence-corrected chi connectivity index (χ2v) is 8.62. The monoisotopic (exact) mass is 398 g/mol. The van der Waals surface area contributed by atoms with Crippen LogP contribution in [-0.4, -0.2) is 11.1 Å². The van der Waals surface area contributed by atoms with Gasteiger partial charge in [-0.1, -0.05) is 69.9 Å². The minimum Gasteiger partial charge on any atom is -0.477 e. The highest BCUT2D eigenvalue weighted by atomic mass is 32.1. The normalized spacial score (nSPS) is 13.0. The number of hydrogen-bond donors (Lipinski definition) is 1. The van der Waals surface area contributed by atoms with Gasteiger partial charge in [0.1, 0.15) is 4.88 Å². The van der Waals surface area contributed by atoms with Crippen LogP contribution in [-0.2, 0) is 12.8 Å². The highest BCUT2D eigenvalue weighted by Gasteiger charge is 2.07. The fourth-order valence-electron chi connectivity index (χ4n) is 3.45. The standard InChI is InChI=1S/C17H24.C8H10O2S/c1-2-3-4-5-8-15-11-13-17(14-12-15)16-9-6-7-10-16;1-2-3-6-4-5-7(11-6)8(9)10/h9,11-14H,2-8,10H2,1H3;4-5H,2-3H2,1H3,(H,9,10). The molecule has 1 heterocycles. The van der Waals surface area contributed by atoms with Crippen molar-refractivity contribution in [3.05, 3.63) is 63.4 Å². The summed E-state index contributed by atoms with van der Waals surface area (Å²) in [6.07, 6.45) is 15.0. The maximum Gasteiger partial charge on any atom is 0.345 e. The van der Waals surface area contributed by atoms with Crippen LogP contribution < -0.4 is 0 Å². The third kappa shape index (κ3) is 7.63. The molecule has 0 saturated carbocycles. The van der Waals surface area contributed by atoms with Gasteiger partial charge in [0.05, 0.1) is 0 Å². The van der Waals surface area contributed by atoms with Crippen LogP contribution in [0, 0.1) is 0 Å². The number of aryl methyl sites for hydroxylation is 2. The van der Waals surface area contributed by atoms with E-state index in [0.717, 1.165) is 17.7 Å². The fraction of sp³-hybridized carbons (Fsp3) is 0.480. The summed E-state index contributed by atoms with van der Waals surface area (Å²) in [6, 6.07) is 12.8. The fourth-order valence-corrected chi connectivity index (χ4v) is 4.40. The molecule has 0 aliphatic heterocycles. The van der Waals surface area contributed by atoms with E-state index in [-0.39, 0.29) is 0 Å². The predicted octanol–water partition coefficient (Wildman–Crippen LogP) is 7.78. The van der Waals surface area contributed by atoms with Crippen LogP contribution in [0.3, 0.4) is 0 Å². The Hall–Kier alpha value is -1.87. The summed E-state index contributed by atoms with van der Waals surface area (Å²) in [6.45, 7) is 4.35. The highest BCUT2D eigenvalue weighted by Crippen LogP contribution is 2.27. The van der Waals surface area contributed by atoms with E-state index in [2.05, 4.69) is 44.2 Å². The first kappa shape index (κ1) is 22.4. The van der Waals surface area contributed by atoms with Gasteiger partial charge in [-0.2, -0.15) is 0 Å². The van der Waals surface area contributed by atoms with E-state index in [4.69, 9.17) is 5.11 Å². The van der Waals surface area contributed by atoms with Gasteiger partial charge in [0, 0.05) is 4.88 Å². The Bertz CT molecular complexity index is 740. The number of carboxylic acid groups (broad SMARTS) is 1. The van der Waals surface area contributed by atoms with Crippen LogP contribution >= 0.6 is 11.3 Å². The Kier molecular flexibility index (Phi) is 10.1. The molecule has 0 fully saturated rings. The van der Waals surface area contributed by atoms with Crippen molar-refractivity contribution in [3.63, 3.8) is 0 Å². The summed E-state index contributed by atoms with van der Waals surface area (Å²) < 4.78 is 0. The Labute approximate surface area is 174 Å². The summed E-state index contributed by atoms with van der Waals surface area (Å²) >= 11 is 1.37. The van der Waals surface area contributed by atoms with E-state index in [1.807, 2.05) is 6.07 Å². The summed E-state index contributed by atoms with van der Waals surface area (Å²) in [7, 11) is 0. The van der Waals surface area contributed by atoms with Crippen molar-refractivity contribution >= 4 is 22.9 Å². The smallest absolute Gasteiger partial charge is 0.345 e. The van der Waals surface area contributed by atoms with Gasteiger partial charge >= 0.3 is 5.97 Å². The predicted molar refractivity (Wildman–Crippen MR) is 121 cm³/mol. The molecule has 152 valence electrons. The van der Waals surface area contributed by atoms with Gasteiger partial charge in [0.15, 0.2) is 0 Å². The molecule has 1 aromatic carbocycles. The van der Waals surface area contributed by atoms with Crippen LogP contribution in [0.5, 0.6) is 0 Å². The Morgan fingerprint density at radius 2 is 1.75 bits per heavy atom. The SMILES string of the molecule is CCCCCCc1ccc(C2=CCCC2)cc1.CCCc1ccc(C(=O)O)s1. The van der Waals surface area contributed by atoms with Gasteiger partial charge in [0.2, 0.25) is 0 Å². The lowest BCUT2D eigenvalue weighted by Gasteiger charge is -2.05. The lowest BCUT2D eigenvalue weighted by molar-refractivity contribution is 0.0702. The first-order valence-electron chi connectivity index (χ1n) is 10.7. The first-order valence-corrected chi connectivity index (χ1v) is 11.6. The van der Waals surface area contributed by atoms with E-state index in [0.29, 0.717) is 4.88 Å². The summed E-state index contributed by atoms with van der Waals surface area (Å²) in [5, 5.41) is 8.58. The number of benzene rings is 1. The van der Waals surface area contributed by atoms with Crippen LogP contribution in [0.1, 0.15) is 90.9 Å². The highest BCUT2D eigenvalue weighted by molar-refractivity contribution is 7.13. The van der Waals surface area contributed by atoms with Crippen molar-refractivity contribution in [2.75, 3.05) is 0 Å². The largest absolute Gasteiger partial charge is 0.477 e. The molecule has 2 aromatic rings. The molecule has 0 bridgehead atoms. The molecule has 1 N–H and O–H groups in total. The zero-order valence-electron chi connectivity index (χ0n) is 17.4. The molecule has 0 atom stereocenters. The third-order valence-corrected chi connectivity index (χ3v) is 6.19. The van der Waals surface area contributed by atoms with Crippen molar-refractivity contribution in [1.82, 2.24) is 0 Å². The summed E-state index contributed by atoms with van der Waals surface area (Å²) in [5.41, 5.74) is 4.51. The topological polar surface area (TPSA) is 37.3 Å². The summed E-state index contributed by atoms with van der Waals surface area (Å²) in [4.78, 5) is 12.0. The molecular formula is C25H34O2S. The van der Waals surface area contributed by atoms with Crippen LogP contribution in [0.2, 0.25) is 0 Å². The average Bonchev–Trinajstić information content (AvgIpc) is 3.39. The molecule has 2 nitrogen and oxygen atoms in total. The van der Waals surface area contributed by atoms with E-state index in [9.17, 15) is 4.79 Å². The molecule has 0 amide bonds. The third-order valence-electron chi connectivity index (χ3n) is 5.05. The number of aromatic carboxylic acids is 1. The number of unbranched alkanes of at least 4 members (excludes halogenated alkanes) is 3. The van der Waals surface area contributed by atoms with Crippen molar-refractivity contribution in [3.8, 4) is 0 Å². The molecule has 1 aliphatic rings. The molecule has 0 spiro atoms. The van der Waals surface area contributed by atoms with Gasteiger partial charge in [-0.15, -0.1) is 11.3 Å². The number of carbonyl (C=O) groups is 1. The Morgan fingerprint density at radius 1 is 0.964 bits per heavy atom. The molecule has 0 unspecified atom stereocenters. The minimum atomic E-state index is -0.822. The van der Waals surface area contributed by atoms with Gasteiger partial charge in [0.25, 0.3) is 0 Å². The maximum absolute atomic E-state index is 10.4. The number of allylic oxidation sites excluding steroid dienone is 2. The zero-order chi connectivity index (χ0) is 20.2. The average molecular weight is 399 g/mol. The Balaban J connectivity index is 0.000000221. The van der Waals surface area contributed by atoms with Gasteiger partial charge in [-0.25, -0.2) is 4.79 Å². The van der Waals surface area contributed by atoms with E-state index >= 15 is 0 Å². The van der Waals surface area contributed by atoms with E-state index in [1.165, 1.54) is 73.8 Å². The van der Waals surface area contributed by atoms with Crippen molar-refractivity contribution in [1.29, 1.82) is 0 Å². The molecule has 3 heteroatoms. The molecule has 28 heavy (non-hydrogen) atoms. The molecular weight excluding hydrogens is 364 g/mol. The lowest BCUT2D eigenvalue weighted by Crippen LogP contribution is -1.89. The van der Waals surface area contributed by atoms with Crippen molar-refractivity contribution < 1.29 is 9.90 Å². The molecule has 3 rings (SSSR count). The number of hydrogen-bond acceptors (Lipinski definition) is 2. The van der Waals surface area contributed by atoms with Crippen LogP contribution in [0.15, 0.2) is 42.5 Å². The maximum atomic E-state index is 10.4. The number of carboxylic acids is 1. The summed E-state index contributed by atoms with van der Waals surface area (Å²) in [5.74, 6) is -0.822. The molecule has 1 aliphatic carbocycles. The van der Waals surface area contributed by atoms with E-state index in [1.54, 1.807) is 11.6 Å². The van der Waals surface area contributed by atoms with Crippen molar-refractivity contribution in [2.45, 2.75) is 78.1 Å². The molecule has 0 saturated heterocycles. The van der Waals surface area contributed by atoms with Crippen molar-refractivity contribution in [2.24, 2.45) is 0 Å². The zero-order valence-corrected chi connectivity index (χ0v) is 18.2.